The van der Waals surface area contributed by atoms with Gasteiger partial charge in [-0.2, -0.15) is 0 Å². The van der Waals surface area contributed by atoms with E-state index in [4.69, 9.17) is 21.1 Å². The number of aliphatic hydroxyl groups is 3. The molecule has 0 aromatic rings. The third kappa shape index (κ3) is 0.930. The Morgan fingerprint density at radius 2 is 1.78 bits per heavy atom. The van der Waals surface area contributed by atoms with Crippen LogP contribution < -0.4 is 11.1 Å². The van der Waals surface area contributed by atoms with Gasteiger partial charge >= 0.3 is 0 Å². The van der Waals surface area contributed by atoms with Gasteiger partial charge in [-0.25, -0.2) is 0 Å². The molecule has 0 radical (unpaired) electrons. The Labute approximate surface area is 52.1 Å². The Morgan fingerprint density at radius 1 is 1.22 bits per heavy atom. The van der Waals surface area contributed by atoms with Crippen molar-refractivity contribution in [1.82, 2.24) is 5.32 Å². The van der Waals surface area contributed by atoms with Crippen molar-refractivity contribution in [1.29, 1.82) is 0 Å². The van der Waals surface area contributed by atoms with Gasteiger partial charge < -0.3 is 20.6 Å². The van der Waals surface area contributed by atoms with Gasteiger partial charge in [-0.1, -0.05) is 0 Å². The lowest BCUT2D eigenvalue weighted by Gasteiger charge is -2.27. The van der Waals surface area contributed by atoms with E-state index in [1.165, 1.54) is 0 Å². The van der Waals surface area contributed by atoms with Crippen molar-refractivity contribution >= 4 is 0 Å². The first-order valence-electron chi connectivity index (χ1n) is 2.62. The lowest BCUT2D eigenvalue weighted by Crippen LogP contribution is -2.59. The molecule has 1 unspecified atom stereocenters. The standard InChI is InChI=1S/C4H10N2O3/c5-3(7)1-6-2-4(3,8)9/h6-9H,1-2,5H2. The van der Waals surface area contributed by atoms with Crippen LogP contribution in [0.25, 0.3) is 0 Å². The van der Waals surface area contributed by atoms with E-state index < -0.39 is 11.5 Å². The number of hydrogen-bond donors (Lipinski definition) is 5. The molecule has 1 saturated heterocycles. The van der Waals surface area contributed by atoms with Crippen LogP contribution in [-0.4, -0.2) is 39.9 Å². The molecule has 0 amide bonds. The quantitative estimate of drug-likeness (QED) is 0.226. The molecule has 1 fully saturated rings. The summed E-state index contributed by atoms with van der Waals surface area (Å²) in [6.45, 7) is -0.0972. The third-order valence-corrected chi connectivity index (χ3v) is 1.46. The van der Waals surface area contributed by atoms with Gasteiger partial charge in [0.05, 0.1) is 6.54 Å². The van der Waals surface area contributed by atoms with E-state index in [0.717, 1.165) is 0 Å². The molecular weight excluding hydrogens is 124 g/mol. The second kappa shape index (κ2) is 1.65. The number of nitrogens with two attached hydrogens (primary N) is 1. The van der Waals surface area contributed by atoms with E-state index >= 15 is 0 Å². The summed E-state index contributed by atoms with van der Waals surface area (Å²) in [5.41, 5.74) is 3.14. The molecule has 1 atom stereocenters. The summed E-state index contributed by atoms with van der Waals surface area (Å²) in [5, 5.41) is 29.1. The normalized spacial score (nSPS) is 41.3. The topological polar surface area (TPSA) is 98.7 Å². The van der Waals surface area contributed by atoms with Crippen molar-refractivity contribution < 1.29 is 15.3 Å². The van der Waals surface area contributed by atoms with E-state index in [9.17, 15) is 0 Å². The molecule has 1 rings (SSSR count). The minimum atomic E-state index is -2.19. The molecule has 5 nitrogen and oxygen atoms in total. The molecular formula is C4H10N2O3. The molecule has 0 bridgehead atoms. The monoisotopic (exact) mass is 134 g/mol. The molecule has 0 spiro atoms. The van der Waals surface area contributed by atoms with E-state index in [1.54, 1.807) is 0 Å². The molecule has 0 aromatic heterocycles. The average molecular weight is 134 g/mol. The van der Waals surface area contributed by atoms with Gasteiger partial charge in [-0.3, -0.25) is 5.73 Å². The first-order valence-corrected chi connectivity index (χ1v) is 2.62. The number of rotatable bonds is 0. The maximum Gasteiger partial charge on any atom is 0.220 e. The van der Waals surface area contributed by atoms with Crippen molar-refractivity contribution in [2.75, 3.05) is 13.1 Å². The SMILES string of the molecule is NC1(O)CNCC1(O)O. The Balaban J connectivity index is 2.75. The summed E-state index contributed by atoms with van der Waals surface area (Å²) in [6, 6.07) is 0. The molecule has 0 saturated carbocycles. The van der Waals surface area contributed by atoms with E-state index in [0.29, 0.717) is 0 Å². The second-order valence-corrected chi connectivity index (χ2v) is 2.34. The number of nitrogens with one attached hydrogen (secondary N) is 1. The van der Waals surface area contributed by atoms with Crippen LogP contribution in [0, 0.1) is 0 Å². The van der Waals surface area contributed by atoms with Gasteiger partial charge in [-0.05, 0) is 0 Å². The molecule has 0 aliphatic carbocycles. The van der Waals surface area contributed by atoms with Gasteiger partial charge in [0.1, 0.15) is 0 Å². The fraction of sp³-hybridized carbons (Fsp3) is 1.00. The highest BCUT2D eigenvalue weighted by atomic mass is 16.5. The highest BCUT2D eigenvalue weighted by Crippen LogP contribution is 2.17. The highest BCUT2D eigenvalue weighted by molar-refractivity contribution is 4.96. The molecule has 9 heavy (non-hydrogen) atoms. The van der Waals surface area contributed by atoms with Crippen molar-refractivity contribution in [2.45, 2.75) is 11.5 Å². The van der Waals surface area contributed by atoms with Gasteiger partial charge in [0.25, 0.3) is 0 Å². The Morgan fingerprint density at radius 3 is 1.89 bits per heavy atom. The van der Waals surface area contributed by atoms with Crippen molar-refractivity contribution in [3.05, 3.63) is 0 Å². The summed E-state index contributed by atoms with van der Waals surface area (Å²) >= 11 is 0. The summed E-state index contributed by atoms with van der Waals surface area (Å²) in [7, 11) is 0. The van der Waals surface area contributed by atoms with E-state index in [2.05, 4.69) is 5.32 Å². The predicted molar refractivity (Wildman–Crippen MR) is 29.2 cm³/mol. The fourth-order valence-electron chi connectivity index (χ4n) is 0.722. The molecule has 54 valence electrons. The molecule has 1 aliphatic heterocycles. The van der Waals surface area contributed by atoms with Crippen LogP contribution >= 0.6 is 0 Å². The first-order chi connectivity index (χ1) is 3.96. The summed E-state index contributed by atoms with van der Waals surface area (Å²) in [6.07, 6.45) is 0. The minimum Gasteiger partial charge on any atom is -0.370 e. The summed E-state index contributed by atoms with van der Waals surface area (Å²) in [4.78, 5) is 0. The van der Waals surface area contributed by atoms with Crippen LogP contribution in [-0.2, 0) is 0 Å². The zero-order valence-electron chi connectivity index (χ0n) is 4.83. The van der Waals surface area contributed by atoms with Crippen LogP contribution in [0.2, 0.25) is 0 Å². The van der Waals surface area contributed by atoms with Gasteiger partial charge in [0.2, 0.25) is 5.79 Å². The lowest BCUT2D eigenvalue weighted by molar-refractivity contribution is -0.243. The summed E-state index contributed by atoms with van der Waals surface area (Å²) in [5.74, 6) is -2.19. The van der Waals surface area contributed by atoms with Crippen LogP contribution in [0.15, 0.2) is 0 Å². The van der Waals surface area contributed by atoms with E-state index in [-0.39, 0.29) is 13.1 Å². The second-order valence-electron chi connectivity index (χ2n) is 2.34. The lowest BCUT2D eigenvalue weighted by atomic mass is 10.1. The molecule has 6 N–H and O–H groups in total. The fourth-order valence-corrected chi connectivity index (χ4v) is 0.722. The Hall–Kier alpha value is -0.200. The van der Waals surface area contributed by atoms with Crippen LogP contribution in [0.1, 0.15) is 0 Å². The third-order valence-electron chi connectivity index (χ3n) is 1.46. The predicted octanol–water partition coefficient (Wildman–Crippen LogP) is -3.08. The zero-order chi connectivity index (χ0) is 7.12. The van der Waals surface area contributed by atoms with Gasteiger partial charge in [-0.15, -0.1) is 0 Å². The first kappa shape index (κ1) is 6.91. The smallest absolute Gasteiger partial charge is 0.220 e. The highest BCUT2D eigenvalue weighted by Gasteiger charge is 2.49. The molecule has 1 heterocycles. The van der Waals surface area contributed by atoms with Crippen LogP contribution in [0.5, 0.6) is 0 Å². The maximum absolute atomic E-state index is 8.94. The maximum atomic E-state index is 8.94. The van der Waals surface area contributed by atoms with Gasteiger partial charge in [0.15, 0.2) is 5.72 Å². The molecule has 1 aliphatic rings. The van der Waals surface area contributed by atoms with E-state index in [1.807, 2.05) is 0 Å². The Bertz CT molecular complexity index is 109. The zero-order valence-corrected chi connectivity index (χ0v) is 4.83. The van der Waals surface area contributed by atoms with Crippen LogP contribution in [0.4, 0.5) is 0 Å². The van der Waals surface area contributed by atoms with Crippen molar-refractivity contribution in [3.63, 3.8) is 0 Å². The Kier molecular flexibility index (Phi) is 1.26. The van der Waals surface area contributed by atoms with Crippen molar-refractivity contribution in [2.24, 2.45) is 5.73 Å². The summed E-state index contributed by atoms with van der Waals surface area (Å²) < 4.78 is 0. The number of hydrogen-bond acceptors (Lipinski definition) is 5. The van der Waals surface area contributed by atoms with Crippen molar-refractivity contribution in [3.8, 4) is 0 Å². The largest absolute Gasteiger partial charge is 0.370 e. The molecule has 5 heteroatoms. The average Bonchev–Trinajstić information content (AvgIpc) is 1.81. The van der Waals surface area contributed by atoms with Crippen LogP contribution in [0.3, 0.4) is 0 Å². The van der Waals surface area contributed by atoms with Gasteiger partial charge in [0, 0.05) is 6.54 Å². The minimum absolute atomic E-state index is 0. The number of β-amino-alcohol motifs (C(OH)–C–C–N with tert-alkyl or cyclic N) is 3. The molecule has 0 aromatic carbocycles.